The summed E-state index contributed by atoms with van der Waals surface area (Å²) >= 11 is 0. The first-order valence-corrected chi connectivity index (χ1v) is 4.64. The topological polar surface area (TPSA) is 103 Å². The molecule has 0 fully saturated rings. The summed E-state index contributed by atoms with van der Waals surface area (Å²) < 4.78 is 6.13. The second-order valence-electron chi connectivity index (χ2n) is 3.03. The van der Waals surface area contributed by atoms with Crippen LogP contribution in [0.25, 0.3) is 5.65 Å². The summed E-state index contributed by atoms with van der Waals surface area (Å²) in [7, 11) is 0. The molecule has 0 unspecified atom stereocenters. The van der Waals surface area contributed by atoms with Crippen molar-refractivity contribution < 1.29 is 14.6 Å². The Labute approximate surface area is 90.5 Å². The average molecular weight is 222 g/mol. The molecule has 0 aromatic carbocycles. The highest BCUT2D eigenvalue weighted by Gasteiger charge is 2.20. The van der Waals surface area contributed by atoms with Crippen LogP contribution in [0, 0.1) is 0 Å². The molecule has 0 saturated carbocycles. The van der Waals surface area contributed by atoms with E-state index in [-0.39, 0.29) is 29.5 Å². The van der Waals surface area contributed by atoms with Crippen molar-refractivity contribution in [2.45, 2.75) is 6.92 Å². The maximum absolute atomic E-state index is 11.6. The molecule has 16 heavy (non-hydrogen) atoms. The van der Waals surface area contributed by atoms with Gasteiger partial charge in [0.2, 0.25) is 5.88 Å². The van der Waals surface area contributed by atoms with Crippen LogP contribution in [0.15, 0.2) is 12.3 Å². The summed E-state index contributed by atoms with van der Waals surface area (Å²) in [5, 5.41) is 13.1. The van der Waals surface area contributed by atoms with Crippen molar-refractivity contribution in [1.82, 2.24) is 14.6 Å². The molecule has 0 aliphatic carbocycles. The van der Waals surface area contributed by atoms with Crippen LogP contribution >= 0.6 is 0 Å². The average Bonchev–Trinajstić information content (AvgIpc) is 2.53. The van der Waals surface area contributed by atoms with Gasteiger partial charge in [0, 0.05) is 12.3 Å². The van der Waals surface area contributed by atoms with E-state index < -0.39 is 5.97 Å². The van der Waals surface area contributed by atoms with Gasteiger partial charge < -0.3 is 15.6 Å². The van der Waals surface area contributed by atoms with Gasteiger partial charge in [-0.25, -0.2) is 9.31 Å². The lowest BCUT2D eigenvalue weighted by Crippen LogP contribution is -2.07. The van der Waals surface area contributed by atoms with Crippen molar-refractivity contribution in [1.29, 1.82) is 0 Å². The maximum atomic E-state index is 11.6. The number of ether oxygens (including phenoxy) is 1. The number of hydrogen-bond acceptors (Lipinski definition) is 6. The number of fused-ring (bicyclic) bond motifs is 1. The number of aromatic hydroxyl groups is 1. The minimum absolute atomic E-state index is 0.0246. The van der Waals surface area contributed by atoms with Crippen molar-refractivity contribution >= 4 is 17.4 Å². The Morgan fingerprint density at radius 3 is 3.12 bits per heavy atom. The molecule has 0 spiro atoms. The number of carbonyl (C=O) groups excluding carboxylic acids is 1. The van der Waals surface area contributed by atoms with E-state index in [1.54, 1.807) is 6.92 Å². The van der Waals surface area contributed by atoms with Crippen LogP contribution < -0.4 is 5.73 Å². The van der Waals surface area contributed by atoms with E-state index in [4.69, 9.17) is 10.5 Å². The molecule has 0 bridgehead atoms. The smallest absolute Gasteiger partial charge is 0.345 e. The second kappa shape index (κ2) is 3.69. The van der Waals surface area contributed by atoms with E-state index in [0.29, 0.717) is 0 Å². The lowest BCUT2D eigenvalue weighted by atomic mass is 10.3. The van der Waals surface area contributed by atoms with Gasteiger partial charge in [0.25, 0.3) is 0 Å². The van der Waals surface area contributed by atoms with Gasteiger partial charge in [-0.05, 0) is 6.92 Å². The number of carbonyl (C=O) groups is 1. The monoisotopic (exact) mass is 222 g/mol. The first-order chi connectivity index (χ1) is 7.63. The van der Waals surface area contributed by atoms with Gasteiger partial charge in [0.15, 0.2) is 11.5 Å². The van der Waals surface area contributed by atoms with E-state index in [1.807, 2.05) is 0 Å². The number of nitrogens with zero attached hydrogens (tertiary/aromatic N) is 3. The highest BCUT2D eigenvalue weighted by atomic mass is 16.5. The molecule has 0 radical (unpaired) electrons. The normalized spacial score (nSPS) is 10.6. The maximum Gasteiger partial charge on any atom is 0.345 e. The molecule has 2 aromatic heterocycles. The van der Waals surface area contributed by atoms with E-state index in [1.165, 1.54) is 16.8 Å². The van der Waals surface area contributed by atoms with Gasteiger partial charge in [-0.1, -0.05) is 0 Å². The molecule has 2 rings (SSSR count). The second-order valence-corrected chi connectivity index (χ2v) is 3.03. The third-order valence-corrected chi connectivity index (χ3v) is 1.98. The number of esters is 1. The van der Waals surface area contributed by atoms with E-state index in [0.717, 1.165) is 0 Å². The SMILES string of the molecule is CCOC(=O)c1c(N)nn2ccc(O)nc12. The first kappa shape index (κ1) is 10.2. The summed E-state index contributed by atoms with van der Waals surface area (Å²) in [6.45, 7) is 1.92. The van der Waals surface area contributed by atoms with Crippen molar-refractivity contribution in [3.8, 4) is 5.88 Å². The zero-order chi connectivity index (χ0) is 11.7. The Balaban J connectivity index is 2.62. The fraction of sp³-hybridized carbons (Fsp3) is 0.222. The fourth-order valence-electron chi connectivity index (χ4n) is 1.34. The predicted molar refractivity (Wildman–Crippen MR) is 55.0 cm³/mol. The lowest BCUT2D eigenvalue weighted by molar-refractivity contribution is 0.0529. The molecule has 0 aliphatic heterocycles. The van der Waals surface area contributed by atoms with Crippen LogP contribution in [0.1, 0.15) is 17.3 Å². The Kier molecular flexibility index (Phi) is 2.35. The molecular formula is C9H10N4O3. The quantitative estimate of drug-likeness (QED) is 0.703. The Morgan fingerprint density at radius 2 is 2.44 bits per heavy atom. The summed E-state index contributed by atoms with van der Waals surface area (Å²) in [5.41, 5.74) is 5.82. The standard InChI is InChI=1S/C9H10N4O3/c1-2-16-9(15)6-7(10)12-13-4-3-5(14)11-8(6)13/h3-4H,2H2,1H3,(H2,10,12)(H,11,14). The van der Waals surface area contributed by atoms with Crippen LogP contribution in [0.5, 0.6) is 5.88 Å². The van der Waals surface area contributed by atoms with Crippen LogP contribution in [-0.4, -0.2) is 32.3 Å². The van der Waals surface area contributed by atoms with Gasteiger partial charge in [-0.2, -0.15) is 4.98 Å². The highest BCUT2D eigenvalue weighted by Crippen LogP contribution is 2.18. The predicted octanol–water partition coefficient (Wildman–Crippen LogP) is 0.194. The number of nitrogens with two attached hydrogens (primary N) is 1. The molecule has 0 amide bonds. The summed E-state index contributed by atoms with van der Waals surface area (Å²) in [4.78, 5) is 15.3. The van der Waals surface area contributed by atoms with Crippen molar-refractivity contribution in [3.63, 3.8) is 0 Å². The van der Waals surface area contributed by atoms with Crippen molar-refractivity contribution in [2.75, 3.05) is 12.3 Å². The van der Waals surface area contributed by atoms with Gasteiger partial charge in [-0.3, -0.25) is 0 Å². The largest absolute Gasteiger partial charge is 0.493 e. The third kappa shape index (κ3) is 1.52. The molecule has 84 valence electrons. The van der Waals surface area contributed by atoms with E-state index >= 15 is 0 Å². The molecular weight excluding hydrogens is 212 g/mol. The van der Waals surface area contributed by atoms with E-state index in [9.17, 15) is 9.90 Å². The summed E-state index contributed by atoms with van der Waals surface area (Å²) in [6.07, 6.45) is 1.46. The molecule has 0 atom stereocenters. The molecule has 3 N–H and O–H groups in total. The fourth-order valence-corrected chi connectivity index (χ4v) is 1.34. The number of aromatic nitrogens is 3. The van der Waals surface area contributed by atoms with Gasteiger partial charge in [0.05, 0.1) is 6.61 Å². The third-order valence-electron chi connectivity index (χ3n) is 1.98. The zero-order valence-electron chi connectivity index (χ0n) is 8.54. The molecule has 7 nitrogen and oxygen atoms in total. The first-order valence-electron chi connectivity index (χ1n) is 4.64. The van der Waals surface area contributed by atoms with Crippen LogP contribution in [0.4, 0.5) is 5.82 Å². The summed E-state index contributed by atoms with van der Waals surface area (Å²) in [6, 6.07) is 1.34. The minimum Gasteiger partial charge on any atom is -0.493 e. The van der Waals surface area contributed by atoms with Crippen LogP contribution in [0.2, 0.25) is 0 Å². The van der Waals surface area contributed by atoms with Gasteiger partial charge >= 0.3 is 5.97 Å². The van der Waals surface area contributed by atoms with Gasteiger partial charge in [0.1, 0.15) is 5.56 Å². The molecule has 0 saturated heterocycles. The van der Waals surface area contributed by atoms with Crippen LogP contribution in [0.3, 0.4) is 0 Å². The number of hydrogen-bond donors (Lipinski definition) is 2. The molecule has 2 aromatic rings. The van der Waals surface area contributed by atoms with E-state index in [2.05, 4.69) is 10.1 Å². The number of rotatable bonds is 2. The zero-order valence-corrected chi connectivity index (χ0v) is 8.54. The summed E-state index contributed by atoms with van der Waals surface area (Å²) in [5.74, 6) is -0.789. The molecule has 2 heterocycles. The van der Waals surface area contributed by atoms with Crippen molar-refractivity contribution in [2.24, 2.45) is 0 Å². The Bertz CT molecular complexity index is 549. The van der Waals surface area contributed by atoms with Crippen molar-refractivity contribution in [3.05, 3.63) is 17.8 Å². The van der Waals surface area contributed by atoms with Gasteiger partial charge in [-0.15, -0.1) is 5.10 Å². The molecule has 0 aliphatic rings. The number of nitrogen functional groups attached to an aromatic ring is 1. The lowest BCUT2D eigenvalue weighted by Gasteiger charge is -1.99. The highest BCUT2D eigenvalue weighted by molar-refractivity contribution is 6.00. The number of anilines is 1. The molecule has 7 heteroatoms. The Morgan fingerprint density at radius 1 is 1.69 bits per heavy atom. The van der Waals surface area contributed by atoms with Crippen LogP contribution in [-0.2, 0) is 4.74 Å². The minimum atomic E-state index is -0.604. The Hall–Kier alpha value is -2.31.